The Morgan fingerprint density at radius 2 is 1.65 bits per heavy atom. The summed E-state index contributed by atoms with van der Waals surface area (Å²) in [6.45, 7) is 0. The summed E-state index contributed by atoms with van der Waals surface area (Å²) >= 11 is 0. The SMILES string of the molecule is FC(F)(F)c1nc2cc3ccccc3cc2[nH]1. The highest BCUT2D eigenvalue weighted by Crippen LogP contribution is 2.29. The number of nitrogens with zero attached hydrogens (tertiary/aromatic N) is 1. The number of halogens is 3. The first-order valence-electron chi connectivity index (χ1n) is 5.00. The quantitative estimate of drug-likeness (QED) is 0.632. The molecule has 3 rings (SSSR count). The zero-order chi connectivity index (χ0) is 12.0. The molecule has 0 aliphatic carbocycles. The van der Waals surface area contributed by atoms with Crippen LogP contribution in [0.2, 0.25) is 0 Å². The fourth-order valence-electron chi connectivity index (χ4n) is 1.83. The third kappa shape index (κ3) is 1.63. The van der Waals surface area contributed by atoms with Gasteiger partial charge in [0.15, 0.2) is 0 Å². The van der Waals surface area contributed by atoms with Crippen molar-refractivity contribution in [2.75, 3.05) is 0 Å². The van der Waals surface area contributed by atoms with Crippen molar-refractivity contribution in [2.24, 2.45) is 0 Å². The van der Waals surface area contributed by atoms with Gasteiger partial charge in [-0.05, 0) is 22.9 Å². The first kappa shape index (κ1) is 10.1. The van der Waals surface area contributed by atoms with Gasteiger partial charge in [0, 0.05) is 0 Å². The van der Waals surface area contributed by atoms with Crippen LogP contribution in [0.4, 0.5) is 13.2 Å². The lowest BCUT2D eigenvalue weighted by molar-refractivity contribution is -0.144. The largest absolute Gasteiger partial charge is 0.449 e. The zero-order valence-electron chi connectivity index (χ0n) is 8.55. The number of fused-ring (bicyclic) bond motifs is 2. The van der Waals surface area contributed by atoms with E-state index < -0.39 is 12.0 Å². The summed E-state index contributed by atoms with van der Waals surface area (Å²) in [5, 5.41) is 1.76. The number of hydrogen-bond acceptors (Lipinski definition) is 1. The average Bonchev–Trinajstić information content (AvgIpc) is 2.68. The van der Waals surface area contributed by atoms with Gasteiger partial charge in [0.25, 0.3) is 0 Å². The molecule has 0 aliphatic heterocycles. The second-order valence-corrected chi connectivity index (χ2v) is 3.80. The Balaban J connectivity index is 2.32. The number of aromatic amines is 1. The molecule has 5 heteroatoms. The first-order chi connectivity index (χ1) is 8.04. The summed E-state index contributed by atoms with van der Waals surface area (Å²) in [6, 6.07) is 10.7. The summed E-state index contributed by atoms with van der Waals surface area (Å²) < 4.78 is 37.4. The van der Waals surface area contributed by atoms with Crippen LogP contribution in [-0.2, 0) is 6.18 Å². The minimum Gasteiger partial charge on any atom is -0.334 e. The molecule has 2 nitrogen and oxygen atoms in total. The van der Waals surface area contributed by atoms with Crippen LogP contribution in [0.25, 0.3) is 21.8 Å². The van der Waals surface area contributed by atoms with E-state index in [0.717, 1.165) is 10.8 Å². The maximum Gasteiger partial charge on any atom is 0.449 e. The molecule has 0 fully saturated rings. The normalized spacial score (nSPS) is 12.4. The van der Waals surface area contributed by atoms with E-state index in [9.17, 15) is 13.2 Å². The number of imidazole rings is 1. The van der Waals surface area contributed by atoms with Crippen LogP contribution in [-0.4, -0.2) is 9.97 Å². The highest BCUT2D eigenvalue weighted by molar-refractivity contribution is 5.95. The number of aromatic nitrogens is 2. The van der Waals surface area contributed by atoms with Crippen molar-refractivity contribution in [3.8, 4) is 0 Å². The van der Waals surface area contributed by atoms with Gasteiger partial charge in [-0.15, -0.1) is 0 Å². The van der Waals surface area contributed by atoms with Crippen LogP contribution in [0.15, 0.2) is 36.4 Å². The van der Waals surface area contributed by atoms with E-state index in [2.05, 4.69) is 9.97 Å². The second-order valence-electron chi connectivity index (χ2n) is 3.80. The Morgan fingerprint density at radius 3 is 2.29 bits per heavy atom. The fraction of sp³-hybridized carbons (Fsp3) is 0.0833. The third-order valence-corrected chi connectivity index (χ3v) is 2.62. The molecule has 1 N–H and O–H groups in total. The van der Waals surface area contributed by atoms with Gasteiger partial charge in [0.2, 0.25) is 5.82 Å². The van der Waals surface area contributed by atoms with Gasteiger partial charge in [-0.1, -0.05) is 24.3 Å². The summed E-state index contributed by atoms with van der Waals surface area (Å²) in [7, 11) is 0. The Labute approximate surface area is 94.1 Å². The molecule has 0 amide bonds. The molecule has 0 spiro atoms. The number of benzene rings is 2. The molecule has 0 bridgehead atoms. The van der Waals surface area contributed by atoms with Gasteiger partial charge in [-0.3, -0.25) is 0 Å². The molecule has 2 aromatic carbocycles. The van der Waals surface area contributed by atoms with Crippen LogP contribution in [0.3, 0.4) is 0 Å². The summed E-state index contributed by atoms with van der Waals surface area (Å²) in [6.07, 6.45) is -4.44. The van der Waals surface area contributed by atoms with E-state index in [1.807, 2.05) is 24.3 Å². The predicted octanol–water partition coefficient (Wildman–Crippen LogP) is 3.73. The summed E-state index contributed by atoms with van der Waals surface area (Å²) in [4.78, 5) is 5.85. The maximum absolute atomic E-state index is 12.5. The van der Waals surface area contributed by atoms with Crippen LogP contribution in [0, 0.1) is 0 Å². The predicted molar refractivity (Wildman–Crippen MR) is 58.6 cm³/mol. The molecule has 0 saturated carbocycles. The Bertz CT molecular complexity index is 645. The standard InChI is InChI=1S/C12H7F3N2/c13-12(14,15)11-16-9-5-7-3-1-2-4-8(7)6-10(9)17-11/h1-6H,(H,16,17). The van der Waals surface area contributed by atoms with E-state index in [1.165, 1.54) is 0 Å². The lowest BCUT2D eigenvalue weighted by Gasteiger charge is -1.98. The van der Waals surface area contributed by atoms with E-state index in [4.69, 9.17) is 0 Å². The van der Waals surface area contributed by atoms with Gasteiger partial charge in [-0.25, -0.2) is 4.98 Å². The number of rotatable bonds is 0. The van der Waals surface area contributed by atoms with Crippen molar-refractivity contribution < 1.29 is 13.2 Å². The van der Waals surface area contributed by atoms with Crippen LogP contribution < -0.4 is 0 Å². The molecular weight excluding hydrogens is 229 g/mol. The van der Waals surface area contributed by atoms with Gasteiger partial charge in [0.05, 0.1) is 11.0 Å². The minimum atomic E-state index is -4.44. The van der Waals surface area contributed by atoms with Gasteiger partial charge in [-0.2, -0.15) is 13.2 Å². The topological polar surface area (TPSA) is 28.7 Å². The lowest BCUT2D eigenvalue weighted by Crippen LogP contribution is -2.06. The number of nitrogens with one attached hydrogen (secondary N) is 1. The minimum absolute atomic E-state index is 0.330. The average molecular weight is 236 g/mol. The molecule has 17 heavy (non-hydrogen) atoms. The van der Waals surface area contributed by atoms with E-state index in [0.29, 0.717) is 11.0 Å². The van der Waals surface area contributed by atoms with Gasteiger partial charge in [0.1, 0.15) is 0 Å². The highest BCUT2D eigenvalue weighted by Gasteiger charge is 2.34. The lowest BCUT2D eigenvalue weighted by atomic mass is 10.1. The second kappa shape index (κ2) is 3.23. The van der Waals surface area contributed by atoms with Gasteiger partial charge >= 0.3 is 6.18 Å². The van der Waals surface area contributed by atoms with E-state index in [-0.39, 0.29) is 0 Å². The smallest absolute Gasteiger partial charge is 0.334 e. The number of H-pyrrole nitrogens is 1. The van der Waals surface area contributed by atoms with Crippen molar-refractivity contribution in [3.63, 3.8) is 0 Å². The Hall–Kier alpha value is -2.04. The molecule has 0 saturated heterocycles. The highest BCUT2D eigenvalue weighted by atomic mass is 19.4. The monoisotopic (exact) mass is 236 g/mol. The maximum atomic E-state index is 12.5. The van der Waals surface area contributed by atoms with Crippen molar-refractivity contribution in [3.05, 3.63) is 42.2 Å². The van der Waals surface area contributed by atoms with Crippen LogP contribution in [0.1, 0.15) is 5.82 Å². The molecular formula is C12H7F3N2. The van der Waals surface area contributed by atoms with Crippen molar-refractivity contribution >= 4 is 21.8 Å². The molecule has 1 heterocycles. The van der Waals surface area contributed by atoms with Crippen molar-refractivity contribution in [1.29, 1.82) is 0 Å². The summed E-state index contributed by atoms with van der Waals surface area (Å²) in [5.41, 5.74) is 0.729. The summed E-state index contributed by atoms with van der Waals surface area (Å²) in [5.74, 6) is -0.956. The molecule has 0 radical (unpaired) electrons. The van der Waals surface area contributed by atoms with Crippen molar-refractivity contribution in [1.82, 2.24) is 9.97 Å². The van der Waals surface area contributed by atoms with E-state index in [1.54, 1.807) is 12.1 Å². The fourth-order valence-corrected chi connectivity index (χ4v) is 1.83. The van der Waals surface area contributed by atoms with E-state index >= 15 is 0 Å². The zero-order valence-corrected chi connectivity index (χ0v) is 8.55. The Kier molecular flexibility index (Phi) is 1.92. The molecule has 86 valence electrons. The van der Waals surface area contributed by atoms with Crippen LogP contribution >= 0.6 is 0 Å². The number of alkyl halides is 3. The van der Waals surface area contributed by atoms with Crippen molar-refractivity contribution in [2.45, 2.75) is 6.18 Å². The van der Waals surface area contributed by atoms with Crippen LogP contribution in [0.5, 0.6) is 0 Å². The molecule has 1 aromatic heterocycles. The van der Waals surface area contributed by atoms with Gasteiger partial charge < -0.3 is 4.98 Å². The molecule has 0 atom stereocenters. The first-order valence-corrected chi connectivity index (χ1v) is 5.00. The molecule has 3 aromatic rings. The molecule has 0 aliphatic rings. The number of hydrogen-bond donors (Lipinski definition) is 1. The third-order valence-electron chi connectivity index (χ3n) is 2.62. The Morgan fingerprint density at radius 1 is 1.00 bits per heavy atom. The molecule has 0 unspecified atom stereocenters.